The number of unbranched alkanes of at least 4 members (excludes halogenated alkanes) is 14. The lowest BCUT2D eigenvalue weighted by Crippen LogP contribution is -2.11. The average molecular weight is 461 g/mol. The van der Waals surface area contributed by atoms with Gasteiger partial charge >= 0.3 is 11.9 Å². The highest BCUT2D eigenvalue weighted by molar-refractivity contribution is 5.77. The summed E-state index contributed by atoms with van der Waals surface area (Å²) < 4.78 is 10.4. The lowest BCUT2D eigenvalue weighted by atomic mass is 10.0. The molecule has 33 heavy (non-hydrogen) atoms. The van der Waals surface area contributed by atoms with Gasteiger partial charge in [-0.1, -0.05) is 127 Å². The number of ether oxygens (including phenoxy) is 2. The smallest absolute Gasteiger partial charge is 0.306 e. The Bertz CT molecular complexity index is 609. The van der Waals surface area contributed by atoms with E-state index in [9.17, 15) is 9.59 Å². The summed E-state index contributed by atoms with van der Waals surface area (Å²) in [6, 6.07) is 7.85. The minimum absolute atomic E-state index is 0.0730. The molecule has 0 aromatic heterocycles. The Hall–Kier alpha value is -1.84. The van der Waals surface area contributed by atoms with Crippen molar-refractivity contribution in [3.63, 3.8) is 0 Å². The fourth-order valence-corrected chi connectivity index (χ4v) is 3.86. The molecule has 0 aliphatic carbocycles. The molecule has 4 nitrogen and oxygen atoms in total. The Morgan fingerprint density at radius 3 is 1.52 bits per heavy atom. The van der Waals surface area contributed by atoms with Crippen LogP contribution in [-0.2, 0) is 25.7 Å². The maximum Gasteiger partial charge on any atom is 0.306 e. The van der Waals surface area contributed by atoms with E-state index in [1.54, 1.807) is 0 Å². The number of aryl methyl sites for hydroxylation is 1. The van der Waals surface area contributed by atoms with Gasteiger partial charge in [0, 0.05) is 0 Å². The first-order chi connectivity index (χ1) is 16.1. The van der Waals surface area contributed by atoms with E-state index in [0.717, 1.165) is 18.4 Å². The molecule has 0 aliphatic rings. The van der Waals surface area contributed by atoms with Crippen molar-refractivity contribution in [1.29, 1.82) is 0 Å². The third-order valence-electron chi connectivity index (χ3n) is 6.06. The Kier molecular flexibility index (Phi) is 18.4. The van der Waals surface area contributed by atoms with Crippen molar-refractivity contribution < 1.29 is 19.1 Å². The first-order valence-corrected chi connectivity index (χ1v) is 13.5. The van der Waals surface area contributed by atoms with Crippen molar-refractivity contribution in [1.82, 2.24) is 0 Å². The molecular formula is C29H48O4. The lowest BCUT2D eigenvalue weighted by molar-refractivity contribution is -0.151. The molecule has 0 radical (unpaired) electrons. The van der Waals surface area contributed by atoms with Crippen LogP contribution in [0.4, 0.5) is 0 Å². The van der Waals surface area contributed by atoms with Crippen molar-refractivity contribution in [2.45, 2.75) is 130 Å². The number of carbonyl (C=O) groups is 2. The normalized spacial score (nSPS) is 10.8. The summed E-state index contributed by atoms with van der Waals surface area (Å²) in [4.78, 5) is 23.6. The molecule has 0 amide bonds. The molecular weight excluding hydrogens is 412 g/mol. The van der Waals surface area contributed by atoms with Crippen LogP contribution in [0.5, 0.6) is 0 Å². The molecule has 1 rings (SSSR count). The molecule has 0 unspecified atom stereocenters. The second-order valence-electron chi connectivity index (χ2n) is 9.32. The highest BCUT2D eigenvalue weighted by Crippen LogP contribution is 2.13. The van der Waals surface area contributed by atoms with Gasteiger partial charge in [0.25, 0.3) is 0 Å². The van der Waals surface area contributed by atoms with Gasteiger partial charge in [0.15, 0.2) is 0 Å². The van der Waals surface area contributed by atoms with Crippen LogP contribution in [0, 0.1) is 6.92 Å². The van der Waals surface area contributed by atoms with Crippen LogP contribution in [0.25, 0.3) is 0 Å². The molecule has 1 aromatic rings. The van der Waals surface area contributed by atoms with E-state index in [2.05, 4.69) is 6.92 Å². The molecule has 0 heterocycles. The van der Waals surface area contributed by atoms with Gasteiger partial charge in [-0.2, -0.15) is 0 Å². The molecule has 1 aromatic carbocycles. The number of benzene rings is 1. The van der Waals surface area contributed by atoms with Crippen molar-refractivity contribution >= 4 is 11.9 Å². The zero-order chi connectivity index (χ0) is 24.0. The molecule has 4 heteroatoms. The summed E-state index contributed by atoms with van der Waals surface area (Å²) in [7, 11) is 0. The average Bonchev–Trinajstić information content (AvgIpc) is 2.82. The molecule has 0 atom stereocenters. The lowest BCUT2D eigenvalue weighted by Gasteiger charge is -2.07. The van der Waals surface area contributed by atoms with Gasteiger partial charge < -0.3 is 9.47 Å². The van der Waals surface area contributed by atoms with Gasteiger partial charge in [0.1, 0.15) is 6.61 Å². The highest BCUT2D eigenvalue weighted by Gasteiger charge is 2.09. The van der Waals surface area contributed by atoms with E-state index in [-0.39, 0.29) is 31.4 Å². The van der Waals surface area contributed by atoms with Gasteiger partial charge in [-0.05, 0) is 18.9 Å². The first-order valence-electron chi connectivity index (χ1n) is 13.5. The Morgan fingerprint density at radius 1 is 0.606 bits per heavy atom. The predicted molar refractivity (Wildman–Crippen MR) is 136 cm³/mol. The third kappa shape index (κ3) is 18.3. The SMILES string of the molecule is CCCCCCCCCCCCCCCCCOC(=O)CCC(=O)OCc1ccc(C)cc1. The molecule has 188 valence electrons. The molecule has 0 saturated heterocycles. The summed E-state index contributed by atoms with van der Waals surface area (Å²) in [6.45, 7) is 4.98. The molecule has 0 N–H and O–H groups in total. The zero-order valence-corrected chi connectivity index (χ0v) is 21.4. The second-order valence-corrected chi connectivity index (χ2v) is 9.32. The van der Waals surface area contributed by atoms with Crippen LogP contribution >= 0.6 is 0 Å². The minimum Gasteiger partial charge on any atom is -0.466 e. The van der Waals surface area contributed by atoms with E-state index in [1.165, 1.54) is 89.0 Å². The number of hydrogen-bond donors (Lipinski definition) is 0. The molecule has 0 bridgehead atoms. The monoisotopic (exact) mass is 460 g/mol. The van der Waals surface area contributed by atoms with Crippen LogP contribution in [0.1, 0.15) is 127 Å². The molecule has 0 fully saturated rings. The van der Waals surface area contributed by atoms with Crippen molar-refractivity contribution in [3.05, 3.63) is 35.4 Å². The van der Waals surface area contributed by atoms with Crippen molar-refractivity contribution in [2.75, 3.05) is 6.61 Å². The van der Waals surface area contributed by atoms with Gasteiger partial charge in [0.05, 0.1) is 19.4 Å². The second kappa shape index (κ2) is 20.7. The first kappa shape index (κ1) is 29.2. The van der Waals surface area contributed by atoms with E-state index in [0.29, 0.717) is 6.61 Å². The number of hydrogen-bond acceptors (Lipinski definition) is 4. The maximum absolute atomic E-state index is 11.8. The summed E-state index contributed by atoms with van der Waals surface area (Å²) in [5.74, 6) is -0.674. The topological polar surface area (TPSA) is 52.6 Å². The van der Waals surface area contributed by atoms with Gasteiger partial charge in [-0.15, -0.1) is 0 Å². The molecule has 0 saturated carbocycles. The quantitative estimate of drug-likeness (QED) is 0.137. The maximum atomic E-state index is 11.8. The number of rotatable bonds is 21. The van der Waals surface area contributed by atoms with E-state index in [1.807, 2.05) is 31.2 Å². The Balaban J connectivity index is 1.82. The standard InChI is InChI=1S/C29H48O4/c1-3-4-5-6-7-8-9-10-11-12-13-14-15-16-17-24-32-28(30)22-23-29(31)33-25-27-20-18-26(2)19-21-27/h18-21H,3-17,22-25H2,1-2H3. The van der Waals surface area contributed by atoms with Gasteiger partial charge in [0.2, 0.25) is 0 Å². The van der Waals surface area contributed by atoms with Crippen LogP contribution < -0.4 is 0 Å². The van der Waals surface area contributed by atoms with E-state index >= 15 is 0 Å². The van der Waals surface area contributed by atoms with Crippen molar-refractivity contribution in [3.8, 4) is 0 Å². The van der Waals surface area contributed by atoms with Gasteiger partial charge in [-0.25, -0.2) is 0 Å². The predicted octanol–water partition coefficient (Wildman–Crippen LogP) is 8.23. The van der Waals surface area contributed by atoms with Crippen LogP contribution in [0.15, 0.2) is 24.3 Å². The van der Waals surface area contributed by atoms with Crippen LogP contribution in [0.3, 0.4) is 0 Å². The molecule has 0 spiro atoms. The van der Waals surface area contributed by atoms with E-state index in [4.69, 9.17) is 9.47 Å². The zero-order valence-electron chi connectivity index (χ0n) is 21.4. The fourth-order valence-electron chi connectivity index (χ4n) is 3.86. The Morgan fingerprint density at radius 2 is 1.03 bits per heavy atom. The summed E-state index contributed by atoms with van der Waals surface area (Å²) in [5.41, 5.74) is 2.12. The van der Waals surface area contributed by atoms with E-state index < -0.39 is 0 Å². The summed E-state index contributed by atoms with van der Waals surface area (Å²) >= 11 is 0. The summed E-state index contributed by atoms with van der Waals surface area (Å²) in [6.07, 6.45) is 19.9. The van der Waals surface area contributed by atoms with Crippen molar-refractivity contribution in [2.24, 2.45) is 0 Å². The summed E-state index contributed by atoms with van der Waals surface area (Å²) in [5, 5.41) is 0. The Labute approximate surface area is 202 Å². The van der Waals surface area contributed by atoms with Crippen LogP contribution in [0.2, 0.25) is 0 Å². The third-order valence-corrected chi connectivity index (χ3v) is 6.06. The van der Waals surface area contributed by atoms with Gasteiger partial charge in [-0.3, -0.25) is 9.59 Å². The number of esters is 2. The fraction of sp³-hybridized carbons (Fsp3) is 0.724. The molecule has 0 aliphatic heterocycles. The highest BCUT2D eigenvalue weighted by atomic mass is 16.5. The number of carbonyl (C=O) groups excluding carboxylic acids is 2. The minimum atomic E-state index is -0.362. The largest absolute Gasteiger partial charge is 0.466 e. The van der Waals surface area contributed by atoms with Crippen LogP contribution in [-0.4, -0.2) is 18.5 Å².